The van der Waals surface area contributed by atoms with E-state index in [4.69, 9.17) is 13.9 Å². The molecular weight excluding hydrogens is 584 g/mol. The molecule has 2 aromatic heterocycles. The average molecular weight is 612 g/mol. The maximum atomic E-state index is 13.9. The molecule has 2 aromatic carbocycles. The van der Waals surface area contributed by atoms with Gasteiger partial charge >= 0.3 is 0 Å². The molecule has 202 valence electrons. The van der Waals surface area contributed by atoms with Gasteiger partial charge in [0.05, 0.1) is 41.3 Å². The Kier molecular flexibility index (Phi) is 7.59. The van der Waals surface area contributed by atoms with Gasteiger partial charge < -0.3 is 13.9 Å². The molecule has 3 heterocycles. The van der Waals surface area contributed by atoms with E-state index >= 15 is 0 Å². The number of benzene rings is 2. The van der Waals surface area contributed by atoms with Crippen LogP contribution in [0.3, 0.4) is 0 Å². The minimum absolute atomic E-state index is 0.0455. The number of rotatable bonds is 9. The third-order valence-corrected chi connectivity index (χ3v) is 8.40. The van der Waals surface area contributed by atoms with Crippen molar-refractivity contribution in [2.45, 2.75) is 46.1 Å². The molecule has 10 heteroatoms. The first-order chi connectivity index (χ1) is 18.7. The number of ketones is 1. The second-order valence-electron chi connectivity index (χ2n) is 9.33. The van der Waals surface area contributed by atoms with Crippen LogP contribution in [0.15, 0.2) is 50.1 Å². The molecule has 1 aliphatic rings. The molecule has 0 spiro atoms. The first-order valence-electron chi connectivity index (χ1n) is 12.6. The fourth-order valence-corrected chi connectivity index (χ4v) is 6.13. The van der Waals surface area contributed by atoms with Crippen LogP contribution in [0.25, 0.3) is 11.0 Å². The van der Waals surface area contributed by atoms with Crippen LogP contribution >= 0.6 is 27.3 Å². The summed E-state index contributed by atoms with van der Waals surface area (Å²) in [5.41, 5.74) is 1.35. The number of nitrogens with zero attached hydrogens (tertiary/aromatic N) is 2. The topological polar surface area (TPSA) is 98.9 Å². The Bertz CT molecular complexity index is 1660. The molecule has 0 saturated carbocycles. The molecule has 0 bridgehead atoms. The molecule has 5 rings (SSSR count). The smallest absolute Gasteiger partial charge is 0.297 e. The van der Waals surface area contributed by atoms with Crippen LogP contribution in [-0.2, 0) is 0 Å². The number of hydrogen-bond donors (Lipinski definition) is 0. The minimum Gasteiger partial charge on any atom is -0.493 e. The molecule has 8 nitrogen and oxygen atoms in total. The van der Waals surface area contributed by atoms with Crippen molar-refractivity contribution in [2.75, 3.05) is 18.6 Å². The second kappa shape index (κ2) is 10.9. The number of aryl methyl sites for hydroxylation is 1. The summed E-state index contributed by atoms with van der Waals surface area (Å²) in [7, 11) is 1.55. The lowest BCUT2D eigenvalue weighted by Crippen LogP contribution is -2.29. The van der Waals surface area contributed by atoms with Crippen molar-refractivity contribution in [3.63, 3.8) is 0 Å². The first kappa shape index (κ1) is 27.1. The van der Waals surface area contributed by atoms with Crippen LogP contribution < -0.4 is 19.8 Å². The van der Waals surface area contributed by atoms with Crippen LogP contribution in [0.2, 0.25) is 0 Å². The molecule has 0 saturated heterocycles. The van der Waals surface area contributed by atoms with Crippen molar-refractivity contribution in [3.8, 4) is 11.5 Å². The normalized spacial score (nSPS) is 14.6. The monoisotopic (exact) mass is 610 g/mol. The SMILES string of the molecule is CCCCCOc1ccc(C2c3c(oc4ccc(Br)cc4c3=O)C(=O)N2c2nc(C)c(C(C)=O)s2)cc1OC. The maximum absolute atomic E-state index is 13.9. The standard InChI is InChI=1S/C29H27BrN2O6S/c1-5-6-7-12-37-21-10-8-17(13-22(21)36-4)24-23-25(34)19-14-18(30)9-11-20(19)38-26(23)28(35)32(24)29-31-15(2)27(39-29)16(3)33/h8-11,13-14,24H,5-7,12H2,1-4H3. The maximum Gasteiger partial charge on any atom is 0.297 e. The molecule has 1 amide bonds. The number of unbranched alkanes of at least 4 members (excludes halogenated alkanes) is 2. The van der Waals surface area contributed by atoms with Crippen LogP contribution in [0.4, 0.5) is 5.13 Å². The van der Waals surface area contributed by atoms with Gasteiger partial charge in [0.1, 0.15) is 5.58 Å². The van der Waals surface area contributed by atoms with Gasteiger partial charge in [-0.1, -0.05) is 53.1 Å². The Morgan fingerprint density at radius 2 is 1.95 bits per heavy atom. The zero-order valence-corrected chi connectivity index (χ0v) is 24.4. The van der Waals surface area contributed by atoms with E-state index in [-0.39, 0.29) is 22.5 Å². The number of amides is 1. The van der Waals surface area contributed by atoms with Gasteiger partial charge in [-0.25, -0.2) is 4.98 Å². The number of methoxy groups -OCH3 is 1. The fraction of sp³-hybridized carbons (Fsp3) is 0.310. The Hall–Kier alpha value is -3.50. The van der Waals surface area contributed by atoms with Gasteiger partial charge in [-0.15, -0.1) is 0 Å². The zero-order chi connectivity index (χ0) is 27.8. The van der Waals surface area contributed by atoms with Crippen molar-refractivity contribution >= 4 is 55.1 Å². The third kappa shape index (κ3) is 4.87. The molecule has 4 aromatic rings. The van der Waals surface area contributed by atoms with E-state index in [2.05, 4.69) is 27.8 Å². The summed E-state index contributed by atoms with van der Waals surface area (Å²) in [5.74, 6) is 0.368. The summed E-state index contributed by atoms with van der Waals surface area (Å²) >= 11 is 4.54. The summed E-state index contributed by atoms with van der Waals surface area (Å²) in [6, 6.07) is 9.61. The van der Waals surface area contributed by atoms with Gasteiger partial charge in [-0.05, 0) is 49.2 Å². The van der Waals surface area contributed by atoms with Crippen molar-refractivity contribution in [1.82, 2.24) is 4.98 Å². The van der Waals surface area contributed by atoms with Gasteiger partial charge in [0.15, 0.2) is 27.8 Å². The van der Waals surface area contributed by atoms with Gasteiger partial charge in [0, 0.05) is 11.4 Å². The lowest BCUT2D eigenvalue weighted by Gasteiger charge is -2.23. The van der Waals surface area contributed by atoms with Crippen molar-refractivity contribution < 1.29 is 23.5 Å². The van der Waals surface area contributed by atoms with Crippen LogP contribution in [-0.4, -0.2) is 30.4 Å². The number of carbonyl (C=O) groups is 2. The number of ether oxygens (including phenoxy) is 2. The van der Waals surface area contributed by atoms with Crippen molar-refractivity contribution in [1.29, 1.82) is 0 Å². The summed E-state index contributed by atoms with van der Waals surface area (Å²) in [5, 5.41) is 0.660. The van der Waals surface area contributed by atoms with Gasteiger partial charge in [0.25, 0.3) is 5.91 Å². The van der Waals surface area contributed by atoms with Crippen LogP contribution in [0.5, 0.6) is 11.5 Å². The Morgan fingerprint density at radius 1 is 1.15 bits per heavy atom. The molecule has 1 atom stereocenters. The third-order valence-electron chi connectivity index (χ3n) is 6.65. The van der Waals surface area contributed by atoms with E-state index in [9.17, 15) is 14.4 Å². The number of hydrogen-bond acceptors (Lipinski definition) is 8. The molecule has 0 fully saturated rings. The number of anilines is 1. The van der Waals surface area contributed by atoms with E-state index in [0.29, 0.717) is 54.8 Å². The number of fused-ring (bicyclic) bond motifs is 2. The molecule has 1 unspecified atom stereocenters. The number of halogens is 1. The van der Waals surface area contributed by atoms with Crippen LogP contribution in [0, 0.1) is 6.92 Å². The summed E-state index contributed by atoms with van der Waals surface area (Å²) in [6.45, 7) is 5.87. The highest BCUT2D eigenvalue weighted by atomic mass is 79.9. The predicted molar refractivity (Wildman–Crippen MR) is 154 cm³/mol. The van der Waals surface area contributed by atoms with Gasteiger partial charge in [-0.2, -0.15) is 0 Å². The number of Topliss-reactive ketones (excluding diaryl/α,β-unsaturated/α-hetero) is 1. The van der Waals surface area contributed by atoms with Crippen molar-refractivity contribution in [3.05, 3.63) is 78.6 Å². The van der Waals surface area contributed by atoms with E-state index < -0.39 is 11.9 Å². The van der Waals surface area contributed by atoms with E-state index in [1.165, 1.54) is 11.8 Å². The number of carbonyl (C=O) groups excluding carboxylic acids is 2. The highest BCUT2D eigenvalue weighted by Crippen LogP contribution is 2.45. The van der Waals surface area contributed by atoms with E-state index in [1.807, 2.05) is 6.07 Å². The Morgan fingerprint density at radius 3 is 2.64 bits per heavy atom. The zero-order valence-electron chi connectivity index (χ0n) is 22.0. The molecule has 0 radical (unpaired) electrons. The Balaban J connectivity index is 1.69. The summed E-state index contributed by atoms with van der Waals surface area (Å²) in [6.07, 6.45) is 3.07. The molecule has 0 aliphatic carbocycles. The van der Waals surface area contributed by atoms with E-state index in [0.717, 1.165) is 30.6 Å². The fourth-order valence-electron chi connectivity index (χ4n) is 4.78. The van der Waals surface area contributed by atoms with Gasteiger partial charge in [0.2, 0.25) is 5.76 Å². The molecular formula is C29H27BrN2O6S. The highest BCUT2D eigenvalue weighted by molar-refractivity contribution is 9.10. The highest BCUT2D eigenvalue weighted by Gasteiger charge is 2.45. The lowest BCUT2D eigenvalue weighted by atomic mass is 9.98. The van der Waals surface area contributed by atoms with Gasteiger partial charge in [-0.3, -0.25) is 19.3 Å². The summed E-state index contributed by atoms with van der Waals surface area (Å²) in [4.78, 5) is 46.4. The average Bonchev–Trinajstić information content (AvgIpc) is 3.44. The van der Waals surface area contributed by atoms with Crippen LogP contribution in [0.1, 0.15) is 76.2 Å². The number of thiazole rings is 1. The van der Waals surface area contributed by atoms with E-state index in [1.54, 1.807) is 44.4 Å². The Labute approximate surface area is 237 Å². The molecule has 1 aliphatic heterocycles. The molecule has 0 N–H and O–H groups in total. The lowest BCUT2D eigenvalue weighted by molar-refractivity contribution is 0.0969. The minimum atomic E-state index is -0.847. The quantitative estimate of drug-likeness (QED) is 0.151. The van der Waals surface area contributed by atoms with Crippen molar-refractivity contribution in [2.24, 2.45) is 0 Å². The predicted octanol–water partition coefficient (Wildman–Crippen LogP) is 6.85. The summed E-state index contributed by atoms with van der Waals surface area (Å²) < 4.78 is 18.3. The number of aromatic nitrogens is 1. The first-order valence-corrected chi connectivity index (χ1v) is 14.2. The molecule has 39 heavy (non-hydrogen) atoms. The second-order valence-corrected chi connectivity index (χ2v) is 11.2. The largest absolute Gasteiger partial charge is 0.493 e.